The summed E-state index contributed by atoms with van der Waals surface area (Å²) in [6.45, 7) is 0.116. The summed E-state index contributed by atoms with van der Waals surface area (Å²) >= 11 is 6.40. The molecule has 0 aromatic rings. The van der Waals surface area contributed by atoms with Crippen molar-refractivity contribution >= 4 is 41.9 Å². The molecule has 1 unspecified atom stereocenters. The highest BCUT2D eigenvalue weighted by Gasteiger charge is 2.05. The van der Waals surface area contributed by atoms with Crippen LogP contribution >= 0.6 is 18.3 Å². The summed E-state index contributed by atoms with van der Waals surface area (Å²) in [6.07, 6.45) is 7.48. The first-order chi connectivity index (χ1) is 11.3. The van der Waals surface area contributed by atoms with Gasteiger partial charge < -0.3 is 19.5 Å². The molecule has 6 nitrogen and oxygen atoms in total. The van der Waals surface area contributed by atoms with Crippen LogP contribution in [0.1, 0.15) is 44.9 Å². The Morgan fingerprint density at radius 2 is 1.79 bits per heavy atom. The summed E-state index contributed by atoms with van der Waals surface area (Å²) in [5.41, 5.74) is 0. The first-order valence-corrected chi connectivity index (χ1v) is 12.7. The van der Waals surface area contributed by atoms with Gasteiger partial charge >= 0.3 is 5.97 Å². The van der Waals surface area contributed by atoms with E-state index in [1.54, 1.807) is 18.4 Å². The van der Waals surface area contributed by atoms with Gasteiger partial charge in [-0.05, 0) is 30.9 Å². The van der Waals surface area contributed by atoms with Gasteiger partial charge in [-0.25, -0.2) is 0 Å². The Balaban J connectivity index is 3.35. The van der Waals surface area contributed by atoms with Gasteiger partial charge in [-0.1, -0.05) is 19.3 Å². The van der Waals surface area contributed by atoms with Crippen LogP contribution in [-0.2, 0) is 30.7 Å². The SMILES string of the molecule is CSCCC(=O)NCCOC(=O)CCCCCCCOP(C)(O)=S. The van der Waals surface area contributed by atoms with E-state index in [4.69, 9.17) is 21.1 Å². The topological polar surface area (TPSA) is 84.9 Å². The number of rotatable bonds is 15. The molecule has 0 saturated heterocycles. The van der Waals surface area contributed by atoms with Crippen LogP contribution in [0.15, 0.2) is 0 Å². The van der Waals surface area contributed by atoms with Crippen molar-refractivity contribution in [1.29, 1.82) is 0 Å². The Labute approximate surface area is 154 Å². The summed E-state index contributed by atoms with van der Waals surface area (Å²) < 4.78 is 10.2. The van der Waals surface area contributed by atoms with Crippen molar-refractivity contribution in [3.8, 4) is 0 Å². The van der Waals surface area contributed by atoms with Crippen molar-refractivity contribution in [3.05, 3.63) is 0 Å². The van der Waals surface area contributed by atoms with Crippen LogP contribution in [0.5, 0.6) is 0 Å². The summed E-state index contributed by atoms with van der Waals surface area (Å²) in [4.78, 5) is 32.1. The van der Waals surface area contributed by atoms with Crippen LogP contribution in [0.25, 0.3) is 0 Å². The third kappa shape index (κ3) is 18.2. The van der Waals surface area contributed by atoms with E-state index in [0.717, 1.165) is 37.9 Å². The van der Waals surface area contributed by atoms with E-state index in [-0.39, 0.29) is 18.5 Å². The molecule has 0 spiro atoms. The van der Waals surface area contributed by atoms with Crippen molar-refractivity contribution in [2.45, 2.75) is 44.9 Å². The van der Waals surface area contributed by atoms with Crippen LogP contribution in [0.3, 0.4) is 0 Å². The summed E-state index contributed by atoms with van der Waals surface area (Å²) in [6, 6.07) is 0. The highest BCUT2D eigenvalue weighted by atomic mass is 32.5. The van der Waals surface area contributed by atoms with Gasteiger partial charge in [0.15, 0.2) is 6.49 Å². The monoisotopic (exact) mass is 399 g/mol. The molecule has 2 N–H and O–H groups in total. The zero-order valence-electron chi connectivity index (χ0n) is 14.6. The fraction of sp³-hybridized carbons (Fsp3) is 0.867. The Hall–Kier alpha value is -0.140. The fourth-order valence-corrected chi connectivity index (χ4v) is 2.93. The molecule has 24 heavy (non-hydrogen) atoms. The number of hydrogen-bond donors (Lipinski definition) is 2. The van der Waals surface area contributed by atoms with E-state index in [2.05, 4.69) is 5.32 Å². The molecule has 0 saturated carbocycles. The van der Waals surface area contributed by atoms with Gasteiger partial charge in [0, 0.05) is 25.3 Å². The molecule has 0 aromatic carbocycles. The second-order valence-corrected chi connectivity index (χ2v) is 10.3. The van der Waals surface area contributed by atoms with Gasteiger partial charge in [-0.3, -0.25) is 9.59 Å². The summed E-state index contributed by atoms with van der Waals surface area (Å²) in [5, 5.41) is 2.72. The van der Waals surface area contributed by atoms with Crippen LogP contribution < -0.4 is 5.32 Å². The molecule has 0 bridgehead atoms. The molecule has 0 radical (unpaired) electrons. The second-order valence-electron chi connectivity index (χ2n) is 5.47. The number of carbonyl (C=O) groups is 2. The Kier molecular flexibility index (Phi) is 15.1. The third-order valence-corrected chi connectivity index (χ3v) is 4.67. The number of nitrogens with one attached hydrogen (secondary N) is 1. The third-order valence-electron chi connectivity index (χ3n) is 3.08. The second kappa shape index (κ2) is 15.1. The molecule has 0 rings (SSSR count). The van der Waals surface area contributed by atoms with Crippen molar-refractivity contribution in [3.63, 3.8) is 0 Å². The predicted octanol–water partition coefficient (Wildman–Crippen LogP) is 2.69. The highest BCUT2D eigenvalue weighted by molar-refractivity contribution is 8.09. The number of esters is 1. The van der Waals surface area contributed by atoms with Gasteiger partial charge in [0.1, 0.15) is 6.61 Å². The lowest BCUT2D eigenvalue weighted by atomic mass is 10.1. The molecule has 0 aliphatic rings. The van der Waals surface area contributed by atoms with Crippen LogP contribution in [0.4, 0.5) is 0 Å². The molecule has 0 aliphatic carbocycles. The van der Waals surface area contributed by atoms with E-state index < -0.39 is 6.49 Å². The smallest absolute Gasteiger partial charge is 0.305 e. The van der Waals surface area contributed by atoms with Crippen molar-refractivity contribution in [1.82, 2.24) is 5.32 Å². The molecule has 0 aromatic heterocycles. The van der Waals surface area contributed by atoms with Crippen molar-refractivity contribution in [2.24, 2.45) is 0 Å². The lowest BCUT2D eigenvalue weighted by molar-refractivity contribution is -0.144. The largest absolute Gasteiger partial charge is 0.464 e. The molecule has 0 fully saturated rings. The number of thioether (sulfide) groups is 1. The zero-order chi connectivity index (χ0) is 18.3. The maximum Gasteiger partial charge on any atom is 0.305 e. The van der Waals surface area contributed by atoms with E-state index in [0.29, 0.717) is 26.0 Å². The van der Waals surface area contributed by atoms with Gasteiger partial charge in [0.25, 0.3) is 0 Å². The molecule has 1 amide bonds. The lowest BCUT2D eigenvalue weighted by Gasteiger charge is -2.09. The predicted molar refractivity (Wildman–Crippen MR) is 103 cm³/mol. The van der Waals surface area contributed by atoms with Gasteiger partial charge in [0.2, 0.25) is 5.91 Å². The minimum absolute atomic E-state index is 0.0101. The van der Waals surface area contributed by atoms with E-state index in [9.17, 15) is 14.5 Å². The Bertz CT molecular complexity index is 403. The first-order valence-electron chi connectivity index (χ1n) is 8.21. The molecular weight excluding hydrogens is 369 g/mol. The van der Waals surface area contributed by atoms with Crippen molar-refractivity contribution < 1.29 is 23.7 Å². The van der Waals surface area contributed by atoms with Crippen LogP contribution in [-0.4, -0.2) is 55.2 Å². The van der Waals surface area contributed by atoms with E-state index >= 15 is 0 Å². The van der Waals surface area contributed by atoms with Gasteiger partial charge in [0.05, 0.1) is 13.2 Å². The summed E-state index contributed by atoms with van der Waals surface area (Å²) in [5.74, 6) is 0.569. The Morgan fingerprint density at radius 3 is 2.46 bits per heavy atom. The fourth-order valence-electron chi connectivity index (χ4n) is 1.85. The first kappa shape index (κ1) is 23.9. The highest BCUT2D eigenvalue weighted by Crippen LogP contribution is 2.37. The molecule has 0 heterocycles. The molecular formula is C15H30NO5PS2. The van der Waals surface area contributed by atoms with Crippen LogP contribution in [0, 0.1) is 0 Å². The maximum absolute atomic E-state index is 11.5. The van der Waals surface area contributed by atoms with Crippen molar-refractivity contribution in [2.75, 3.05) is 38.4 Å². The maximum atomic E-state index is 11.5. The quantitative estimate of drug-likeness (QED) is 0.249. The van der Waals surface area contributed by atoms with Gasteiger partial charge in [-0.2, -0.15) is 11.8 Å². The number of amides is 1. The summed E-state index contributed by atoms with van der Waals surface area (Å²) in [7, 11) is 0. The van der Waals surface area contributed by atoms with E-state index in [1.165, 1.54) is 0 Å². The normalized spacial score (nSPS) is 13.3. The molecule has 0 aliphatic heterocycles. The molecule has 142 valence electrons. The number of ether oxygens (including phenoxy) is 1. The standard InChI is InChI=1S/C15H30NO5PS2/c1-22(19,23)21-11-7-5-3-4-6-8-15(18)20-12-10-16-14(17)9-13-24-2/h3-13H2,1-2H3,(H,16,17)(H,19,23). The zero-order valence-corrected chi connectivity index (χ0v) is 17.1. The van der Waals surface area contributed by atoms with E-state index in [1.807, 2.05) is 6.26 Å². The lowest BCUT2D eigenvalue weighted by Crippen LogP contribution is -2.28. The average Bonchev–Trinajstić information content (AvgIpc) is 2.51. The van der Waals surface area contributed by atoms with Gasteiger partial charge in [-0.15, -0.1) is 0 Å². The average molecular weight is 400 g/mol. The number of hydrogen-bond acceptors (Lipinski definition) is 6. The minimum atomic E-state index is -2.52. The van der Waals surface area contributed by atoms with Crippen LogP contribution in [0.2, 0.25) is 0 Å². The molecule has 1 atom stereocenters. The number of unbranched alkanes of at least 4 members (excludes halogenated alkanes) is 4. The minimum Gasteiger partial charge on any atom is -0.464 e. The number of carbonyl (C=O) groups excluding carboxylic acids is 2. The Morgan fingerprint density at radius 1 is 1.12 bits per heavy atom. The molecule has 9 heteroatoms.